The molecule has 1 aliphatic heterocycles. The molecule has 5 aromatic carbocycles. The van der Waals surface area contributed by atoms with Crippen molar-refractivity contribution in [2.45, 2.75) is 26.2 Å². The summed E-state index contributed by atoms with van der Waals surface area (Å²) in [5, 5.41) is 4.77. The quantitative estimate of drug-likeness (QED) is 0.161. The number of hydrogen-bond donors (Lipinski definition) is 0. The van der Waals surface area contributed by atoms with Gasteiger partial charge in [-0.05, 0) is 52.8 Å². The Labute approximate surface area is 326 Å². The van der Waals surface area contributed by atoms with E-state index in [1.165, 1.54) is 25.7 Å². The Kier molecular flexibility index (Phi) is 8.10. The maximum absolute atomic E-state index is 6.53. The number of rotatable bonds is 5. The van der Waals surface area contributed by atoms with E-state index in [-0.39, 0.29) is 26.5 Å². The number of thiophene rings is 1. The van der Waals surface area contributed by atoms with Crippen LogP contribution in [0.15, 0.2) is 134 Å². The summed E-state index contributed by atoms with van der Waals surface area (Å²) < 4.78 is 11.2. The minimum atomic E-state index is -0.0123. The van der Waals surface area contributed by atoms with Gasteiger partial charge in [-0.25, -0.2) is 4.98 Å². The van der Waals surface area contributed by atoms with Crippen LogP contribution < -0.4 is 14.5 Å². The number of benzene rings is 5. The first kappa shape index (κ1) is 33.4. The average molecular weight is 886 g/mol. The predicted molar refractivity (Wildman–Crippen MR) is 214 cm³/mol. The fraction of sp³-hybridized carbons (Fsp3) is 0.0889. The molecule has 1 aliphatic rings. The molecule has 0 atom stereocenters. The van der Waals surface area contributed by atoms with E-state index in [0.717, 1.165) is 50.4 Å². The van der Waals surface area contributed by atoms with Gasteiger partial charge in [-0.2, -0.15) is 12.1 Å². The summed E-state index contributed by atoms with van der Waals surface area (Å²) >= 11 is 1.82. The van der Waals surface area contributed by atoms with E-state index in [1.807, 2.05) is 54.2 Å². The molecule has 0 aliphatic carbocycles. The van der Waals surface area contributed by atoms with Gasteiger partial charge in [-0.15, -0.1) is 59.4 Å². The van der Waals surface area contributed by atoms with E-state index in [0.29, 0.717) is 11.5 Å². The van der Waals surface area contributed by atoms with Gasteiger partial charge in [0.15, 0.2) is 0 Å². The molecule has 4 aromatic heterocycles. The second-order valence-electron chi connectivity index (χ2n) is 14.1. The minimum absolute atomic E-state index is 0. The fourth-order valence-corrected chi connectivity index (χ4v) is 8.46. The van der Waals surface area contributed by atoms with Gasteiger partial charge in [0.25, 0.3) is 0 Å². The van der Waals surface area contributed by atoms with E-state index in [4.69, 9.17) is 9.72 Å². The van der Waals surface area contributed by atoms with Crippen LogP contribution in [-0.2, 0) is 26.5 Å². The summed E-state index contributed by atoms with van der Waals surface area (Å²) in [6, 6.07) is 47.1. The van der Waals surface area contributed by atoms with E-state index >= 15 is 0 Å². The van der Waals surface area contributed by atoms with Crippen LogP contribution in [0.5, 0.6) is 11.5 Å². The molecule has 8 heteroatoms. The Bertz CT molecular complexity index is 2840. The van der Waals surface area contributed by atoms with E-state index in [1.54, 1.807) is 0 Å². The van der Waals surface area contributed by atoms with Gasteiger partial charge < -0.3 is 19.1 Å². The molecule has 0 amide bonds. The standard InChI is InChI=1S/C45H32N5OS.Pt/c1-45(2,3)29-20-23-47-43(24-29)50-37-15-6-4-12-33(37)34-19-18-32(26-40(34)50)51-31-11-8-10-30(25-31)48-28-49(38-21-22-46-27-41(38)48)39-16-9-14-36-35-13-5-7-17-42(35)52-44(36)39;/h4-24,27-28H,1-3H3;/q-3;. The summed E-state index contributed by atoms with van der Waals surface area (Å²) in [5.74, 6) is 2.04. The van der Waals surface area contributed by atoms with E-state index in [9.17, 15) is 0 Å². The average Bonchev–Trinajstić information content (AvgIpc) is 3.84. The van der Waals surface area contributed by atoms with Crippen molar-refractivity contribution in [2.75, 3.05) is 9.80 Å². The van der Waals surface area contributed by atoms with E-state index in [2.05, 4.69) is 150 Å². The maximum Gasteiger partial charge on any atom is 0.135 e. The van der Waals surface area contributed by atoms with Crippen molar-refractivity contribution in [2.24, 2.45) is 0 Å². The Hall–Kier alpha value is -5.49. The number of fused-ring (bicyclic) bond motifs is 7. The van der Waals surface area contributed by atoms with Crippen molar-refractivity contribution < 1.29 is 25.8 Å². The van der Waals surface area contributed by atoms with Crippen molar-refractivity contribution in [3.63, 3.8) is 0 Å². The topological polar surface area (TPSA) is 46.4 Å². The van der Waals surface area contributed by atoms with Crippen LogP contribution in [0.3, 0.4) is 0 Å². The molecule has 0 bridgehead atoms. The number of para-hydroxylation sites is 1. The molecule has 6 nitrogen and oxygen atoms in total. The third-order valence-electron chi connectivity index (χ3n) is 9.80. The monoisotopic (exact) mass is 885 g/mol. The molecule has 0 radical (unpaired) electrons. The molecule has 5 heterocycles. The molecule has 10 rings (SSSR count). The zero-order valence-electron chi connectivity index (χ0n) is 29.1. The predicted octanol–water partition coefficient (Wildman–Crippen LogP) is 12.0. The maximum atomic E-state index is 6.53. The molecule has 0 spiro atoms. The van der Waals surface area contributed by atoms with Crippen molar-refractivity contribution in [1.82, 2.24) is 14.5 Å². The minimum Gasteiger partial charge on any atom is -0.509 e. The number of aromatic nitrogens is 3. The largest absolute Gasteiger partial charge is 0.509 e. The molecule has 53 heavy (non-hydrogen) atoms. The van der Waals surface area contributed by atoms with Crippen LogP contribution in [0.1, 0.15) is 26.3 Å². The van der Waals surface area contributed by atoms with Crippen LogP contribution >= 0.6 is 11.3 Å². The van der Waals surface area contributed by atoms with Crippen LogP contribution in [-0.4, -0.2) is 14.5 Å². The zero-order chi connectivity index (χ0) is 35.0. The third kappa shape index (κ3) is 5.58. The second kappa shape index (κ2) is 12.9. The number of nitrogens with zero attached hydrogens (tertiary/aromatic N) is 5. The summed E-state index contributed by atoms with van der Waals surface area (Å²) in [7, 11) is 0. The Morgan fingerprint density at radius 2 is 1.47 bits per heavy atom. The normalized spacial score (nSPS) is 12.9. The van der Waals surface area contributed by atoms with Crippen molar-refractivity contribution in [1.29, 1.82) is 0 Å². The number of ether oxygens (including phenoxy) is 1. The molecule has 0 unspecified atom stereocenters. The summed E-state index contributed by atoms with van der Waals surface area (Å²) in [4.78, 5) is 13.7. The molecule has 0 saturated carbocycles. The van der Waals surface area contributed by atoms with Crippen LogP contribution in [0.25, 0.3) is 47.8 Å². The Balaban J connectivity index is 0.00000372. The SMILES string of the molecule is CC(C)(C)c1ccnc(-n2c3[c-]c(Oc4[c-]c(N5[CH-]N(c6cccc7c6sc6ccccc67)c6ccncc65)ccc4)ccc3c3ccccc32)c1.[Pt]. The smallest absolute Gasteiger partial charge is 0.135 e. The van der Waals surface area contributed by atoms with E-state index < -0.39 is 0 Å². The second-order valence-corrected chi connectivity index (χ2v) is 15.1. The van der Waals surface area contributed by atoms with Gasteiger partial charge in [0, 0.05) is 83.5 Å². The van der Waals surface area contributed by atoms with Crippen LogP contribution in [0.4, 0.5) is 22.7 Å². The molecule has 0 N–H and O–H groups in total. The van der Waals surface area contributed by atoms with Crippen molar-refractivity contribution in [3.8, 4) is 17.3 Å². The van der Waals surface area contributed by atoms with Gasteiger partial charge in [-0.1, -0.05) is 74.8 Å². The summed E-state index contributed by atoms with van der Waals surface area (Å²) in [6.45, 7) is 8.79. The summed E-state index contributed by atoms with van der Waals surface area (Å²) in [6.07, 6.45) is 5.64. The van der Waals surface area contributed by atoms with Crippen LogP contribution in [0, 0.1) is 18.8 Å². The van der Waals surface area contributed by atoms with Gasteiger partial charge in [0.2, 0.25) is 0 Å². The zero-order valence-corrected chi connectivity index (χ0v) is 32.2. The van der Waals surface area contributed by atoms with Crippen LogP contribution in [0.2, 0.25) is 0 Å². The first-order valence-corrected chi connectivity index (χ1v) is 18.1. The number of hydrogen-bond acceptors (Lipinski definition) is 6. The molecular weight excluding hydrogens is 854 g/mol. The first-order chi connectivity index (χ1) is 25.4. The van der Waals surface area contributed by atoms with Crippen molar-refractivity contribution >= 4 is 76.1 Å². The molecule has 262 valence electrons. The fourth-order valence-electron chi connectivity index (χ4n) is 7.25. The van der Waals surface area contributed by atoms with Gasteiger partial charge >= 0.3 is 0 Å². The Morgan fingerprint density at radius 3 is 2.36 bits per heavy atom. The molecule has 0 saturated heterocycles. The number of anilines is 4. The molecule has 9 aromatic rings. The Morgan fingerprint density at radius 1 is 0.679 bits per heavy atom. The van der Waals surface area contributed by atoms with Crippen molar-refractivity contribution in [3.05, 3.63) is 158 Å². The van der Waals surface area contributed by atoms with Gasteiger partial charge in [-0.3, -0.25) is 4.98 Å². The first-order valence-electron chi connectivity index (χ1n) is 17.3. The summed E-state index contributed by atoms with van der Waals surface area (Å²) in [5.41, 5.74) is 7.18. The molecule has 0 fully saturated rings. The number of pyridine rings is 2. The van der Waals surface area contributed by atoms with Gasteiger partial charge in [0.05, 0.1) is 10.4 Å². The third-order valence-corrected chi connectivity index (χ3v) is 11.0. The van der Waals surface area contributed by atoms with Gasteiger partial charge in [0.1, 0.15) is 5.82 Å². The molecular formula is C45H32N5OPtS-3.